The molecular weight excluding hydrogens is 412 g/mol. The van der Waals surface area contributed by atoms with Crippen molar-refractivity contribution in [1.82, 2.24) is 4.98 Å². The van der Waals surface area contributed by atoms with Crippen molar-refractivity contribution in [2.75, 3.05) is 5.32 Å². The van der Waals surface area contributed by atoms with Gasteiger partial charge in [0.15, 0.2) is 17.4 Å². The van der Waals surface area contributed by atoms with E-state index in [1.54, 1.807) is 18.3 Å². The highest BCUT2D eigenvalue weighted by Crippen LogP contribution is 2.50. The molecule has 4 N–H and O–H groups in total. The molecule has 1 aromatic heterocycles. The molecule has 7 heteroatoms. The fraction of sp³-hybridized carbons (Fsp3) is 0.360. The molecule has 5 nitrogen and oxygen atoms in total. The highest BCUT2D eigenvalue weighted by Gasteiger charge is 2.46. The minimum absolute atomic E-state index is 0.220. The summed E-state index contributed by atoms with van der Waals surface area (Å²) in [5.74, 6) is -3.01. The Labute approximate surface area is 184 Å². The first kappa shape index (κ1) is 20.8. The predicted octanol–water partition coefficient (Wildman–Crippen LogP) is 4.80. The molecule has 0 bridgehead atoms. The van der Waals surface area contributed by atoms with Crippen molar-refractivity contribution < 1.29 is 18.7 Å². The fourth-order valence-corrected chi connectivity index (χ4v) is 4.69. The zero-order chi connectivity index (χ0) is 22.5. The largest absolute Gasteiger partial charge is 0.503 e. The summed E-state index contributed by atoms with van der Waals surface area (Å²) in [5.41, 5.74) is 8.92. The van der Waals surface area contributed by atoms with Gasteiger partial charge in [-0.15, -0.1) is 0 Å². The highest BCUT2D eigenvalue weighted by molar-refractivity contribution is 5.98. The van der Waals surface area contributed by atoms with Crippen molar-refractivity contribution in [3.8, 4) is 16.9 Å². The van der Waals surface area contributed by atoms with E-state index in [-0.39, 0.29) is 12.1 Å². The number of aromatic hydroxyl groups is 1. The third-order valence-corrected chi connectivity index (χ3v) is 6.89. The molecule has 0 spiro atoms. The summed E-state index contributed by atoms with van der Waals surface area (Å²) >= 11 is 0. The molecule has 0 saturated heterocycles. The van der Waals surface area contributed by atoms with E-state index in [2.05, 4.69) is 10.3 Å². The molecule has 1 heterocycles. The van der Waals surface area contributed by atoms with Crippen LogP contribution in [0.4, 0.5) is 14.5 Å². The number of nitrogens with one attached hydrogen (secondary N) is 1. The van der Waals surface area contributed by atoms with Crippen LogP contribution in [-0.2, 0) is 10.2 Å². The van der Waals surface area contributed by atoms with E-state index in [1.165, 1.54) is 0 Å². The number of nitrogens with zero attached hydrogens (tertiary/aromatic N) is 1. The van der Waals surface area contributed by atoms with Crippen LogP contribution in [-0.4, -0.2) is 28.5 Å². The standard InChI is InChI=1S/C25H25F2N3O2/c26-20-10-15(11-21(27)24(20)32)14-1-6-22-18(9-14)23(30-17-4-2-16(28)3-5-17)19(12-29-22)25(13-31)7-8-25/h1,6,9-13,16-17,32H,2-5,7-8,28H2,(H,29,30)/t16-,17-. The van der Waals surface area contributed by atoms with Crippen molar-refractivity contribution in [3.63, 3.8) is 0 Å². The van der Waals surface area contributed by atoms with E-state index < -0.39 is 22.8 Å². The average Bonchev–Trinajstić information content (AvgIpc) is 3.59. The SMILES string of the molecule is N[C@H]1CC[C@H](Nc2c(C3(C=O)CC3)cnc3ccc(-c4cc(F)c(O)c(F)c4)cc23)CC1. The minimum Gasteiger partial charge on any atom is -0.503 e. The zero-order valence-corrected chi connectivity index (χ0v) is 17.6. The first-order valence-corrected chi connectivity index (χ1v) is 11.0. The summed E-state index contributed by atoms with van der Waals surface area (Å²) in [4.78, 5) is 16.5. The van der Waals surface area contributed by atoms with E-state index in [9.17, 15) is 18.7 Å². The van der Waals surface area contributed by atoms with E-state index in [0.29, 0.717) is 11.1 Å². The molecule has 2 aromatic carbocycles. The summed E-state index contributed by atoms with van der Waals surface area (Å²) in [6.07, 6.45) is 8.09. The number of pyridine rings is 1. The highest BCUT2D eigenvalue weighted by atomic mass is 19.1. The molecular formula is C25H25F2N3O2. The van der Waals surface area contributed by atoms with Crippen LogP contribution in [0.3, 0.4) is 0 Å². The number of hydrogen-bond donors (Lipinski definition) is 3. The Balaban J connectivity index is 1.64. The van der Waals surface area contributed by atoms with E-state index in [4.69, 9.17) is 5.73 Å². The Morgan fingerprint density at radius 3 is 2.38 bits per heavy atom. The summed E-state index contributed by atoms with van der Waals surface area (Å²) in [6, 6.07) is 8.07. The Kier molecular flexibility index (Phi) is 5.08. The first-order valence-electron chi connectivity index (χ1n) is 11.0. The van der Waals surface area contributed by atoms with Gasteiger partial charge >= 0.3 is 0 Å². The van der Waals surface area contributed by atoms with Crippen LogP contribution in [0.1, 0.15) is 44.1 Å². The molecule has 3 aromatic rings. The maximum absolute atomic E-state index is 14.0. The fourth-order valence-electron chi connectivity index (χ4n) is 4.69. The lowest BCUT2D eigenvalue weighted by Crippen LogP contribution is -2.33. The van der Waals surface area contributed by atoms with Gasteiger partial charge in [0.1, 0.15) is 6.29 Å². The van der Waals surface area contributed by atoms with Crippen molar-refractivity contribution in [3.05, 3.63) is 53.7 Å². The molecule has 0 aliphatic heterocycles. The van der Waals surface area contributed by atoms with E-state index in [1.807, 2.05) is 6.07 Å². The lowest BCUT2D eigenvalue weighted by molar-refractivity contribution is -0.109. The quantitative estimate of drug-likeness (QED) is 0.499. The third-order valence-electron chi connectivity index (χ3n) is 6.89. The molecule has 32 heavy (non-hydrogen) atoms. The van der Waals surface area contributed by atoms with Gasteiger partial charge in [0.2, 0.25) is 0 Å². The molecule has 2 saturated carbocycles. The number of rotatable bonds is 5. The Morgan fingerprint density at radius 1 is 1.06 bits per heavy atom. The van der Waals surface area contributed by atoms with Gasteiger partial charge in [-0.3, -0.25) is 4.98 Å². The number of benzene rings is 2. The molecule has 0 atom stereocenters. The lowest BCUT2D eigenvalue weighted by Gasteiger charge is -2.29. The number of carbonyl (C=O) groups is 1. The Morgan fingerprint density at radius 2 is 1.75 bits per heavy atom. The van der Waals surface area contributed by atoms with Gasteiger partial charge < -0.3 is 21.0 Å². The summed E-state index contributed by atoms with van der Waals surface area (Å²) in [6.45, 7) is 0. The molecule has 2 fully saturated rings. The minimum atomic E-state index is -1.01. The number of nitrogens with two attached hydrogens (primary N) is 1. The number of phenolic OH excluding ortho intramolecular Hbond substituents is 1. The van der Waals surface area contributed by atoms with Crippen LogP contribution in [0.25, 0.3) is 22.0 Å². The van der Waals surface area contributed by atoms with Gasteiger partial charge in [-0.05, 0) is 73.9 Å². The monoisotopic (exact) mass is 437 g/mol. The smallest absolute Gasteiger partial charge is 0.187 e. The van der Waals surface area contributed by atoms with Crippen molar-refractivity contribution in [2.24, 2.45) is 5.73 Å². The topological polar surface area (TPSA) is 88.2 Å². The lowest BCUT2D eigenvalue weighted by atomic mass is 9.89. The number of aldehydes is 1. The van der Waals surface area contributed by atoms with E-state index in [0.717, 1.165) is 79.1 Å². The molecule has 0 unspecified atom stereocenters. The Hall–Kier alpha value is -3.06. The van der Waals surface area contributed by atoms with E-state index >= 15 is 0 Å². The van der Waals surface area contributed by atoms with Gasteiger partial charge in [-0.2, -0.15) is 0 Å². The summed E-state index contributed by atoms with van der Waals surface area (Å²) < 4.78 is 27.9. The molecule has 5 rings (SSSR count). The molecule has 0 radical (unpaired) electrons. The van der Waals surface area contributed by atoms with Gasteiger partial charge in [-0.25, -0.2) is 8.78 Å². The van der Waals surface area contributed by atoms with Crippen LogP contribution >= 0.6 is 0 Å². The number of phenols is 1. The summed E-state index contributed by atoms with van der Waals surface area (Å²) in [7, 11) is 0. The van der Waals surface area contributed by atoms with Gasteiger partial charge in [0.05, 0.1) is 10.9 Å². The second-order valence-corrected chi connectivity index (χ2v) is 9.10. The number of halogens is 2. The van der Waals surface area contributed by atoms with Crippen LogP contribution in [0.5, 0.6) is 5.75 Å². The van der Waals surface area contributed by atoms with Crippen molar-refractivity contribution in [2.45, 2.75) is 56.0 Å². The second kappa shape index (κ2) is 7.81. The molecule has 2 aliphatic carbocycles. The molecule has 0 amide bonds. The maximum Gasteiger partial charge on any atom is 0.187 e. The number of carbonyl (C=O) groups excluding carboxylic acids is 1. The third kappa shape index (κ3) is 3.60. The number of anilines is 1. The average molecular weight is 437 g/mol. The van der Waals surface area contributed by atoms with Gasteiger partial charge in [0.25, 0.3) is 0 Å². The number of fused-ring (bicyclic) bond motifs is 1. The molecule has 2 aliphatic rings. The van der Waals surface area contributed by atoms with Crippen LogP contribution < -0.4 is 11.1 Å². The Bertz CT molecular complexity index is 1180. The predicted molar refractivity (Wildman–Crippen MR) is 120 cm³/mol. The first-order chi connectivity index (χ1) is 15.4. The molecule has 166 valence electrons. The number of hydrogen-bond acceptors (Lipinski definition) is 5. The van der Waals surface area contributed by atoms with Crippen molar-refractivity contribution in [1.29, 1.82) is 0 Å². The zero-order valence-electron chi connectivity index (χ0n) is 17.6. The summed E-state index contributed by atoms with van der Waals surface area (Å²) in [5, 5.41) is 13.9. The number of aromatic nitrogens is 1. The van der Waals surface area contributed by atoms with Crippen LogP contribution in [0, 0.1) is 11.6 Å². The van der Waals surface area contributed by atoms with Gasteiger partial charge in [0, 0.05) is 34.9 Å². The van der Waals surface area contributed by atoms with Crippen molar-refractivity contribution >= 4 is 22.9 Å². The second-order valence-electron chi connectivity index (χ2n) is 9.10. The van der Waals surface area contributed by atoms with Gasteiger partial charge in [-0.1, -0.05) is 6.07 Å². The normalized spacial score (nSPS) is 22.0. The van der Waals surface area contributed by atoms with Crippen LogP contribution in [0.2, 0.25) is 0 Å². The van der Waals surface area contributed by atoms with Crippen LogP contribution in [0.15, 0.2) is 36.5 Å². The maximum atomic E-state index is 14.0.